The molecule has 0 amide bonds. The van der Waals surface area contributed by atoms with Crippen molar-refractivity contribution >= 4 is 5.97 Å². The van der Waals surface area contributed by atoms with Crippen molar-refractivity contribution in [2.24, 2.45) is 5.92 Å². The van der Waals surface area contributed by atoms with Crippen molar-refractivity contribution in [2.75, 3.05) is 0 Å². The van der Waals surface area contributed by atoms with Crippen LogP contribution in [0.2, 0.25) is 0 Å². The van der Waals surface area contributed by atoms with E-state index in [-0.39, 0.29) is 0 Å². The van der Waals surface area contributed by atoms with Gasteiger partial charge in [-0.05, 0) is 12.3 Å². The van der Waals surface area contributed by atoms with E-state index in [1.165, 1.54) is 51.4 Å². The Bertz CT molecular complexity index is 178. The van der Waals surface area contributed by atoms with Crippen LogP contribution in [0.1, 0.15) is 98.3 Å². The summed E-state index contributed by atoms with van der Waals surface area (Å²) in [5.74, 6) is 0.114. The van der Waals surface area contributed by atoms with E-state index in [4.69, 9.17) is 5.11 Å². The Morgan fingerprint density at radius 1 is 0.895 bits per heavy atom. The molecule has 0 aliphatic rings. The Kier molecular flexibility index (Phi) is 19.1. The fraction of sp³-hybridized carbons (Fsp3) is 0.941. The molecule has 0 heterocycles. The number of carboxylic acid groups (broad SMARTS) is 1. The Balaban J connectivity index is 0. The minimum atomic E-state index is -0.659. The molecule has 0 spiro atoms. The lowest BCUT2D eigenvalue weighted by atomic mass is 9.96. The van der Waals surface area contributed by atoms with Crippen molar-refractivity contribution in [3.63, 3.8) is 0 Å². The average molecular weight is 272 g/mol. The molecule has 0 saturated carbocycles. The monoisotopic (exact) mass is 272 g/mol. The molecule has 1 N–H and O–H groups in total. The maximum Gasteiger partial charge on any atom is 0.303 e. The third-order valence-electron chi connectivity index (χ3n) is 3.39. The SMILES string of the molecule is CC.CCCCCCCCC(C)CCCCC(=O)O. The second kappa shape index (κ2) is 17.5. The van der Waals surface area contributed by atoms with E-state index in [9.17, 15) is 4.79 Å². The zero-order valence-corrected chi connectivity index (χ0v) is 13.7. The van der Waals surface area contributed by atoms with Crippen LogP contribution < -0.4 is 0 Å². The number of carbonyl (C=O) groups is 1. The van der Waals surface area contributed by atoms with Crippen molar-refractivity contribution in [3.05, 3.63) is 0 Å². The van der Waals surface area contributed by atoms with Gasteiger partial charge in [-0.25, -0.2) is 0 Å². The van der Waals surface area contributed by atoms with Gasteiger partial charge in [0.2, 0.25) is 0 Å². The number of hydrogen-bond acceptors (Lipinski definition) is 1. The summed E-state index contributed by atoms with van der Waals surface area (Å²) in [4.78, 5) is 10.3. The van der Waals surface area contributed by atoms with Gasteiger partial charge in [0.15, 0.2) is 0 Å². The minimum absolute atomic E-state index is 0.337. The maximum absolute atomic E-state index is 10.3. The quantitative estimate of drug-likeness (QED) is 0.439. The molecule has 116 valence electrons. The molecule has 0 saturated heterocycles. The Morgan fingerprint density at radius 2 is 1.37 bits per heavy atom. The highest BCUT2D eigenvalue weighted by molar-refractivity contribution is 5.66. The van der Waals surface area contributed by atoms with Crippen LogP contribution in [0.5, 0.6) is 0 Å². The largest absolute Gasteiger partial charge is 0.481 e. The van der Waals surface area contributed by atoms with E-state index in [1.54, 1.807) is 0 Å². The number of carboxylic acids is 1. The molecule has 0 bridgehead atoms. The number of aliphatic carboxylic acids is 1. The molecule has 0 radical (unpaired) electrons. The van der Waals surface area contributed by atoms with Gasteiger partial charge < -0.3 is 5.11 Å². The molecule has 2 heteroatoms. The van der Waals surface area contributed by atoms with Gasteiger partial charge in [-0.1, -0.05) is 85.5 Å². The van der Waals surface area contributed by atoms with Crippen molar-refractivity contribution < 1.29 is 9.90 Å². The summed E-state index contributed by atoms with van der Waals surface area (Å²) in [6.45, 7) is 8.55. The van der Waals surface area contributed by atoms with Gasteiger partial charge in [0, 0.05) is 6.42 Å². The summed E-state index contributed by atoms with van der Waals surface area (Å²) in [7, 11) is 0. The van der Waals surface area contributed by atoms with E-state index in [1.807, 2.05) is 13.8 Å². The summed E-state index contributed by atoms with van der Waals surface area (Å²) >= 11 is 0. The van der Waals surface area contributed by atoms with Crippen LogP contribution in [0.15, 0.2) is 0 Å². The van der Waals surface area contributed by atoms with Crippen molar-refractivity contribution in [2.45, 2.75) is 98.3 Å². The highest BCUT2D eigenvalue weighted by Gasteiger charge is 2.03. The summed E-state index contributed by atoms with van der Waals surface area (Å²) in [6, 6.07) is 0. The average Bonchev–Trinajstić information content (AvgIpc) is 2.41. The predicted molar refractivity (Wildman–Crippen MR) is 84.6 cm³/mol. The van der Waals surface area contributed by atoms with E-state index >= 15 is 0 Å². The van der Waals surface area contributed by atoms with Gasteiger partial charge in [0.1, 0.15) is 0 Å². The highest BCUT2D eigenvalue weighted by Crippen LogP contribution is 2.17. The van der Waals surface area contributed by atoms with Gasteiger partial charge in [-0.2, -0.15) is 0 Å². The molecular formula is C17H36O2. The third-order valence-corrected chi connectivity index (χ3v) is 3.39. The van der Waals surface area contributed by atoms with E-state index in [0.29, 0.717) is 6.42 Å². The summed E-state index contributed by atoms with van der Waals surface area (Å²) in [5.41, 5.74) is 0. The maximum atomic E-state index is 10.3. The normalized spacial score (nSPS) is 11.6. The second-order valence-corrected chi connectivity index (χ2v) is 5.30. The second-order valence-electron chi connectivity index (χ2n) is 5.30. The Hall–Kier alpha value is -0.530. The highest BCUT2D eigenvalue weighted by atomic mass is 16.4. The molecule has 0 aliphatic carbocycles. The van der Waals surface area contributed by atoms with Gasteiger partial charge in [-0.3, -0.25) is 4.79 Å². The first-order valence-electron chi connectivity index (χ1n) is 8.38. The first kappa shape index (κ1) is 20.8. The molecular weight excluding hydrogens is 236 g/mol. The van der Waals surface area contributed by atoms with Crippen molar-refractivity contribution in [1.29, 1.82) is 0 Å². The molecule has 0 aromatic heterocycles. The van der Waals surface area contributed by atoms with Gasteiger partial charge in [-0.15, -0.1) is 0 Å². The Morgan fingerprint density at radius 3 is 1.89 bits per heavy atom. The lowest BCUT2D eigenvalue weighted by Gasteiger charge is -2.10. The first-order chi connectivity index (χ1) is 9.16. The molecule has 1 atom stereocenters. The van der Waals surface area contributed by atoms with Crippen LogP contribution >= 0.6 is 0 Å². The van der Waals surface area contributed by atoms with Crippen molar-refractivity contribution in [1.82, 2.24) is 0 Å². The molecule has 0 fully saturated rings. The molecule has 0 rings (SSSR count). The molecule has 19 heavy (non-hydrogen) atoms. The Labute approximate surface area is 121 Å². The summed E-state index contributed by atoms with van der Waals surface area (Å²) in [5, 5.41) is 8.52. The van der Waals surface area contributed by atoms with Gasteiger partial charge in [0.05, 0.1) is 0 Å². The molecule has 1 unspecified atom stereocenters. The van der Waals surface area contributed by atoms with Gasteiger partial charge >= 0.3 is 5.97 Å². The zero-order chi connectivity index (χ0) is 14.9. The van der Waals surface area contributed by atoms with Gasteiger partial charge in [0.25, 0.3) is 0 Å². The third kappa shape index (κ3) is 20.0. The van der Waals surface area contributed by atoms with Crippen molar-refractivity contribution in [3.8, 4) is 0 Å². The smallest absolute Gasteiger partial charge is 0.303 e. The van der Waals surface area contributed by atoms with Crippen LogP contribution in [-0.2, 0) is 4.79 Å². The lowest BCUT2D eigenvalue weighted by molar-refractivity contribution is -0.137. The van der Waals surface area contributed by atoms with Crippen LogP contribution in [0, 0.1) is 5.92 Å². The standard InChI is InChI=1S/C15H30O2.C2H6/c1-3-4-5-6-7-8-11-14(2)12-9-10-13-15(16)17;1-2/h14H,3-13H2,1-2H3,(H,16,17);1-2H3. The van der Waals surface area contributed by atoms with E-state index < -0.39 is 5.97 Å². The van der Waals surface area contributed by atoms with E-state index in [0.717, 1.165) is 18.8 Å². The zero-order valence-electron chi connectivity index (χ0n) is 13.7. The molecule has 0 aromatic rings. The number of hydrogen-bond donors (Lipinski definition) is 1. The predicted octanol–water partition coefficient (Wildman–Crippen LogP) is 6.04. The lowest BCUT2D eigenvalue weighted by Crippen LogP contribution is -1.98. The topological polar surface area (TPSA) is 37.3 Å². The fourth-order valence-corrected chi connectivity index (χ4v) is 2.19. The minimum Gasteiger partial charge on any atom is -0.481 e. The first-order valence-corrected chi connectivity index (χ1v) is 8.38. The van der Waals surface area contributed by atoms with Crippen LogP contribution in [-0.4, -0.2) is 11.1 Å². The number of unbranched alkanes of at least 4 members (excludes halogenated alkanes) is 6. The van der Waals surface area contributed by atoms with Crippen LogP contribution in [0.3, 0.4) is 0 Å². The van der Waals surface area contributed by atoms with E-state index in [2.05, 4.69) is 13.8 Å². The molecule has 0 aliphatic heterocycles. The molecule has 2 nitrogen and oxygen atoms in total. The number of rotatable bonds is 12. The summed E-state index contributed by atoms with van der Waals surface area (Å²) in [6.07, 6.45) is 13.0. The molecule has 0 aromatic carbocycles. The fourth-order valence-electron chi connectivity index (χ4n) is 2.19. The summed E-state index contributed by atoms with van der Waals surface area (Å²) < 4.78 is 0. The van der Waals surface area contributed by atoms with Crippen LogP contribution in [0.4, 0.5) is 0 Å². The van der Waals surface area contributed by atoms with Crippen LogP contribution in [0.25, 0.3) is 0 Å².